The first-order valence-corrected chi connectivity index (χ1v) is 11.6. The number of likely N-dealkylation sites (tertiary alicyclic amines) is 1. The Bertz CT molecular complexity index is 657. The molecule has 0 aliphatic carbocycles. The lowest BCUT2D eigenvalue weighted by molar-refractivity contribution is -0.00684. The van der Waals surface area contributed by atoms with Crippen LogP contribution in [0.3, 0.4) is 0 Å². The van der Waals surface area contributed by atoms with E-state index in [1.807, 2.05) is 0 Å². The van der Waals surface area contributed by atoms with Gasteiger partial charge < -0.3 is 15.4 Å². The number of rotatable bonds is 7. The maximum absolute atomic E-state index is 5.51. The lowest BCUT2D eigenvalue weighted by atomic mass is 9.97. The van der Waals surface area contributed by atoms with Crippen molar-refractivity contribution in [3.63, 3.8) is 0 Å². The molecule has 2 N–H and O–H groups in total. The van der Waals surface area contributed by atoms with Crippen LogP contribution in [0.2, 0.25) is 0 Å². The summed E-state index contributed by atoms with van der Waals surface area (Å²) in [5.41, 5.74) is 1.44. The lowest BCUT2D eigenvalue weighted by Crippen LogP contribution is -2.53. The van der Waals surface area contributed by atoms with Crippen LogP contribution < -0.4 is 10.6 Å². The number of benzene rings is 1. The number of hydrogen-bond acceptors (Lipinski definition) is 4. The first-order chi connectivity index (χ1) is 14.5. The summed E-state index contributed by atoms with van der Waals surface area (Å²) in [6.45, 7) is 16.5. The minimum atomic E-state index is 0.0401. The predicted molar refractivity (Wildman–Crippen MR) is 125 cm³/mol. The van der Waals surface area contributed by atoms with Gasteiger partial charge in [-0.1, -0.05) is 30.3 Å². The van der Waals surface area contributed by atoms with Gasteiger partial charge in [0.2, 0.25) is 0 Å². The molecule has 30 heavy (non-hydrogen) atoms. The Kier molecular flexibility index (Phi) is 8.54. The third kappa shape index (κ3) is 6.69. The van der Waals surface area contributed by atoms with E-state index in [0.29, 0.717) is 12.1 Å². The van der Waals surface area contributed by atoms with E-state index < -0.39 is 0 Å². The normalized spacial score (nSPS) is 24.6. The molecule has 168 valence electrons. The van der Waals surface area contributed by atoms with E-state index in [2.05, 4.69) is 78.5 Å². The summed E-state index contributed by atoms with van der Waals surface area (Å²) in [7, 11) is 0. The smallest absolute Gasteiger partial charge is 0.191 e. The fourth-order valence-electron chi connectivity index (χ4n) is 4.46. The van der Waals surface area contributed by atoms with E-state index in [1.165, 1.54) is 5.56 Å². The van der Waals surface area contributed by atoms with Crippen LogP contribution in [0, 0.1) is 0 Å². The predicted octanol–water partition coefficient (Wildman–Crippen LogP) is 2.71. The zero-order valence-electron chi connectivity index (χ0n) is 19.4. The van der Waals surface area contributed by atoms with Crippen molar-refractivity contribution in [3.8, 4) is 0 Å². The molecule has 1 aromatic carbocycles. The van der Waals surface area contributed by atoms with Crippen molar-refractivity contribution in [2.45, 2.75) is 64.7 Å². The zero-order chi connectivity index (χ0) is 21.4. The largest absolute Gasteiger partial charge is 0.379 e. The minimum absolute atomic E-state index is 0.0401. The SMILES string of the molecule is CCNC(=NCC(C)(C)N1CCOCC1)NC1CCN(Cc2ccccc2)C(C)C1. The van der Waals surface area contributed by atoms with Gasteiger partial charge in [0.15, 0.2) is 5.96 Å². The molecule has 2 unspecified atom stereocenters. The number of morpholine rings is 1. The average Bonchev–Trinajstić information content (AvgIpc) is 2.75. The van der Waals surface area contributed by atoms with Crippen LogP contribution in [0.1, 0.15) is 46.1 Å². The number of nitrogens with zero attached hydrogens (tertiary/aromatic N) is 3. The summed E-state index contributed by atoms with van der Waals surface area (Å²) < 4.78 is 5.51. The van der Waals surface area contributed by atoms with Crippen LogP contribution in [-0.2, 0) is 11.3 Å². The topological polar surface area (TPSA) is 52.1 Å². The molecule has 1 aromatic rings. The molecule has 2 aliphatic rings. The lowest BCUT2D eigenvalue weighted by Gasteiger charge is -2.40. The van der Waals surface area contributed by atoms with Gasteiger partial charge in [-0.3, -0.25) is 14.8 Å². The summed E-state index contributed by atoms with van der Waals surface area (Å²) in [6, 6.07) is 11.8. The number of piperidine rings is 1. The summed E-state index contributed by atoms with van der Waals surface area (Å²) >= 11 is 0. The number of hydrogen-bond donors (Lipinski definition) is 2. The maximum atomic E-state index is 5.51. The monoisotopic (exact) mass is 415 g/mol. The zero-order valence-corrected chi connectivity index (χ0v) is 19.4. The highest BCUT2D eigenvalue weighted by Crippen LogP contribution is 2.20. The number of aliphatic imine (C=N–C) groups is 1. The van der Waals surface area contributed by atoms with Gasteiger partial charge in [0.1, 0.15) is 0 Å². The van der Waals surface area contributed by atoms with Crippen molar-refractivity contribution in [1.82, 2.24) is 20.4 Å². The maximum Gasteiger partial charge on any atom is 0.191 e. The summed E-state index contributed by atoms with van der Waals surface area (Å²) in [5.74, 6) is 0.951. The Balaban J connectivity index is 1.52. The van der Waals surface area contributed by atoms with Crippen molar-refractivity contribution in [2.24, 2.45) is 4.99 Å². The van der Waals surface area contributed by atoms with E-state index >= 15 is 0 Å². The van der Waals surface area contributed by atoms with Crippen LogP contribution in [-0.4, -0.2) is 79.3 Å². The van der Waals surface area contributed by atoms with E-state index in [-0.39, 0.29) is 5.54 Å². The Morgan fingerprint density at radius 3 is 2.57 bits per heavy atom. The number of guanidine groups is 1. The van der Waals surface area contributed by atoms with Gasteiger partial charge in [0.05, 0.1) is 19.8 Å². The van der Waals surface area contributed by atoms with Gasteiger partial charge in [-0.05, 0) is 46.1 Å². The molecule has 3 rings (SSSR count). The Morgan fingerprint density at radius 1 is 1.17 bits per heavy atom. The van der Waals surface area contributed by atoms with Gasteiger partial charge in [-0.25, -0.2) is 0 Å². The van der Waals surface area contributed by atoms with Gasteiger partial charge in [-0.15, -0.1) is 0 Å². The van der Waals surface area contributed by atoms with Crippen LogP contribution in [0.15, 0.2) is 35.3 Å². The summed E-state index contributed by atoms with van der Waals surface area (Å²) in [6.07, 6.45) is 2.29. The van der Waals surface area contributed by atoms with Crippen LogP contribution in [0.5, 0.6) is 0 Å². The fourth-order valence-corrected chi connectivity index (χ4v) is 4.46. The van der Waals surface area contributed by atoms with E-state index in [1.54, 1.807) is 0 Å². The minimum Gasteiger partial charge on any atom is -0.379 e. The third-order valence-corrected chi connectivity index (χ3v) is 6.42. The molecule has 2 heterocycles. The molecule has 0 aromatic heterocycles. The second kappa shape index (κ2) is 11.1. The van der Waals surface area contributed by atoms with E-state index in [0.717, 1.165) is 71.3 Å². The molecule has 2 fully saturated rings. The molecule has 0 saturated carbocycles. The van der Waals surface area contributed by atoms with Crippen molar-refractivity contribution in [2.75, 3.05) is 45.9 Å². The van der Waals surface area contributed by atoms with Crippen LogP contribution in [0.25, 0.3) is 0 Å². The van der Waals surface area contributed by atoms with Gasteiger partial charge in [0, 0.05) is 50.3 Å². The highest BCUT2D eigenvalue weighted by molar-refractivity contribution is 5.80. The van der Waals surface area contributed by atoms with Crippen molar-refractivity contribution < 1.29 is 4.74 Å². The van der Waals surface area contributed by atoms with Crippen molar-refractivity contribution in [1.29, 1.82) is 0 Å². The van der Waals surface area contributed by atoms with E-state index in [9.17, 15) is 0 Å². The number of ether oxygens (including phenoxy) is 1. The molecular formula is C24H41N5O. The second-order valence-electron chi connectivity index (χ2n) is 9.28. The van der Waals surface area contributed by atoms with E-state index in [4.69, 9.17) is 9.73 Å². The van der Waals surface area contributed by atoms with Gasteiger partial charge >= 0.3 is 0 Å². The highest BCUT2D eigenvalue weighted by Gasteiger charge is 2.29. The molecule has 6 nitrogen and oxygen atoms in total. The Morgan fingerprint density at radius 2 is 1.90 bits per heavy atom. The molecule has 2 saturated heterocycles. The van der Waals surface area contributed by atoms with Gasteiger partial charge in [0.25, 0.3) is 0 Å². The van der Waals surface area contributed by atoms with Gasteiger partial charge in [-0.2, -0.15) is 0 Å². The van der Waals surface area contributed by atoms with Crippen LogP contribution >= 0.6 is 0 Å². The quantitative estimate of drug-likeness (QED) is 0.530. The molecule has 6 heteroatoms. The molecule has 2 aliphatic heterocycles. The Hall–Kier alpha value is -1.63. The molecule has 2 atom stereocenters. The highest BCUT2D eigenvalue weighted by atomic mass is 16.5. The molecule has 0 bridgehead atoms. The van der Waals surface area contributed by atoms with Crippen molar-refractivity contribution in [3.05, 3.63) is 35.9 Å². The Labute approximate surface area is 183 Å². The first kappa shape index (κ1) is 23.0. The second-order valence-corrected chi connectivity index (χ2v) is 9.28. The average molecular weight is 416 g/mol. The molecule has 0 spiro atoms. The third-order valence-electron chi connectivity index (χ3n) is 6.42. The summed E-state index contributed by atoms with van der Waals surface area (Å²) in [4.78, 5) is 10.1. The fraction of sp³-hybridized carbons (Fsp3) is 0.708. The van der Waals surface area contributed by atoms with Crippen molar-refractivity contribution >= 4 is 5.96 Å². The standard InChI is InChI=1S/C24H41N5O/c1-5-25-23(26-19-24(3,4)29-13-15-30-16-14-29)27-22-11-12-28(20(2)17-22)18-21-9-7-6-8-10-21/h6-10,20,22H,5,11-19H2,1-4H3,(H2,25,26,27). The first-order valence-electron chi connectivity index (χ1n) is 11.6. The molecule has 0 amide bonds. The molecular weight excluding hydrogens is 374 g/mol. The molecule has 0 radical (unpaired) electrons. The van der Waals surface area contributed by atoms with Crippen LogP contribution in [0.4, 0.5) is 0 Å². The summed E-state index contributed by atoms with van der Waals surface area (Å²) in [5, 5.41) is 7.17. The number of nitrogens with one attached hydrogen (secondary N) is 2.